The summed E-state index contributed by atoms with van der Waals surface area (Å²) >= 11 is 5.97. The molecule has 3 nitrogen and oxygen atoms in total. The van der Waals surface area contributed by atoms with Gasteiger partial charge in [0.15, 0.2) is 0 Å². The van der Waals surface area contributed by atoms with Crippen LogP contribution in [-0.2, 0) is 13.2 Å². The fourth-order valence-corrected chi connectivity index (χ4v) is 2.35. The number of rotatable bonds is 8. The topological polar surface area (TPSA) is 41.5 Å². The molecule has 1 unspecified atom stereocenters. The predicted molar refractivity (Wildman–Crippen MR) is 90.2 cm³/mol. The molecule has 0 fully saturated rings. The minimum absolute atomic E-state index is 0.0888. The molecule has 5 heteroatoms. The Labute approximate surface area is 141 Å². The van der Waals surface area contributed by atoms with E-state index >= 15 is 0 Å². The van der Waals surface area contributed by atoms with E-state index in [0.717, 1.165) is 12.0 Å². The van der Waals surface area contributed by atoms with E-state index in [-0.39, 0.29) is 25.1 Å². The number of aliphatic hydroxyl groups is 1. The van der Waals surface area contributed by atoms with Crippen LogP contribution >= 0.6 is 11.6 Å². The van der Waals surface area contributed by atoms with Crippen molar-refractivity contribution in [2.45, 2.75) is 32.5 Å². The summed E-state index contributed by atoms with van der Waals surface area (Å²) in [6.45, 7) is 2.92. The largest absolute Gasteiger partial charge is 0.489 e. The second-order valence-corrected chi connectivity index (χ2v) is 5.71. The molecule has 0 saturated carbocycles. The highest BCUT2D eigenvalue weighted by molar-refractivity contribution is 6.31. The van der Waals surface area contributed by atoms with Gasteiger partial charge in [-0.1, -0.05) is 36.7 Å². The van der Waals surface area contributed by atoms with Gasteiger partial charge in [0.05, 0.1) is 11.6 Å². The van der Waals surface area contributed by atoms with Crippen LogP contribution in [0.1, 0.15) is 24.5 Å². The third kappa shape index (κ3) is 5.20. The summed E-state index contributed by atoms with van der Waals surface area (Å²) < 4.78 is 19.3. The Morgan fingerprint density at radius 2 is 1.96 bits per heavy atom. The number of halogens is 2. The lowest BCUT2D eigenvalue weighted by Gasteiger charge is -2.14. The lowest BCUT2D eigenvalue weighted by molar-refractivity contribution is 0.238. The van der Waals surface area contributed by atoms with Crippen LogP contribution in [-0.4, -0.2) is 17.8 Å². The molecule has 124 valence electrons. The Hall–Kier alpha value is -1.62. The minimum atomic E-state index is -0.368. The predicted octanol–water partition coefficient (Wildman–Crippen LogP) is 3.92. The van der Waals surface area contributed by atoms with Crippen molar-refractivity contribution in [3.8, 4) is 5.75 Å². The van der Waals surface area contributed by atoms with Gasteiger partial charge in [-0.25, -0.2) is 4.39 Å². The van der Waals surface area contributed by atoms with Gasteiger partial charge in [0, 0.05) is 18.2 Å². The molecule has 2 aromatic carbocycles. The molecule has 2 aromatic rings. The Morgan fingerprint density at radius 1 is 1.22 bits per heavy atom. The zero-order chi connectivity index (χ0) is 16.7. The summed E-state index contributed by atoms with van der Waals surface area (Å²) in [4.78, 5) is 0. The molecule has 0 spiro atoms. The Morgan fingerprint density at radius 3 is 2.57 bits per heavy atom. The van der Waals surface area contributed by atoms with Gasteiger partial charge in [-0.15, -0.1) is 0 Å². The van der Waals surface area contributed by atoms with Gasteiger partial charge in [0.1, 0.15) is 18.2 Å². The average molecular weight is 338 g/mol. The van der Waals surface area contributed by atoms with Crippen molar-refractivity contribution in [3.05, 3.63) is 64.4 Å². The van der Waals surface area contributed by atoms with Gasteiger partial charge in [-0.3, -0.25) is 0 Å². The monoisotopic (exact) mass is 337 g/mol. The molecule has 2 rings (SSSR count). The summed E-state index contributed by atoms with van der Waals surface area (Å²) in [7, 11) is 0. The molecule has 0 aliphatic carbocycles. The molecule has 1 atom stereocenters. The quantitative estimate of drug-likeness (QED) is 0.767. The molecular weight excluding hydrogens is 317 g/mol. The number of benzene rings is 2. The Kier molecular flexibility index (Phi) is 6.84. The van der Waals surface area contributed by atoms with Crippen molar-refractivity contribution < 1.29 is 14.2 Å². The van der Waals surface area contributed by atoms with Crippen molar-refractivity contribution in [3.63, 3.8) is 0 Å². The van der Waals surface area contributed by atoms with Crippen LogP contribution in [0.15, 0.2) is 42.5 Å². The Balaban J connectivity index is 1.90. The van der Waals surface area contributed by atoms with Crippen LogP contribution in [0.25, 0.3) is 0 Å². The zero-order valence-electron chi connectivity index (χ0n) is 13.1. The first-order valence-corrected chi connectivity index (χ1v) is 8.00. The third-order valence-electron chi connectivity index (χ3n) is 3.68. The van der Waals surface area contributed by atoms with Crippen molar-refractivity contribution in [1.82, 2.24) is 5.32 Å². The number of ether oxygens (including phenoxy) is 1. The van der Waals surface area contributed by atoms with E-state index < -0.39 is 0 Å². The molecule has 2 N–H and O–H groups in total. The first kappa shape index (κ1) is 17.7. The second kappa shape index (κ2) is 8.87. The lowest BCUT2D eigenvalue weighted by atomic mass is 10.2. The third-order valence-corrected chi connectivity index (χ3v) is 4.03. The van der Waals surface area contributed by atoms with Gasteiger partial charge in [-0.05, 0) is 36.2 Å². The normalized spacial score (nSPS) is 12.2. The number of hydrogen-bond acceptors (Lipinski definition) is 3. The molecule has 0 saturated heterocycles. The van der Waals surface area contributed by atoms with Crippen LogP contribution in [0, 0.1) is 5.82 Å². The molecule has 0 amide bonds. The fourth-order valence-electron chi connectivity index (χ4n) is 2.13. The molecule has 0 radical (unpaired) electrons. The summed E-state index contributed by atoms with van der Waals surface area (Å²) in [5, 5.41) is 12.8. The van der Waals surface area contributed by atoms with Gasteiger partial charge in [-0.2, -0.15) is 0 Å². The molecule has 0 aliphatic rings. The highest BCUT2D eigenvalue weighted by atomic mass is 35.5. The number of aliphatic hydroxyl groups excluding tert-OH is 1. The molecular formula is C18H21ClFNO2. The maximum Gasteiger partial charge on any atom is 0.131 e. The van der Waals surface area contributed by atoms with Crippen molar-refractivity contribution in [2.24, 2.45) is 0 Å². The van der Waals surface area contributed by atoms with Gasteiger partial charge in [0.2, 0.25) is 0 Å². The zero-order valence-corrected chi connectivity index (χ0v) is 13.8. The van der Waals surface area contributed by atoms with E-state index in [4.69, 9.17) is 21.4 Å². The first-order chi connectivity index (χ1) is 11.1. The molecule has 23 heavy (non-hydrogen) atoms. The van der Waals surface area contributed by atoms with Gasteiger partial charge >= 0.3 is 0 Å². The van der Waals surface area contributed by atoms with Crippen LogP contribution < -0.4 is 10.1 Å². The molecule has 0 heterocycles. The van der Waals surface area contributed by atoms with E-state index in [0.29, 0.717) is 22.9 Å². The van der Waals surface area contributed by atoms with E-state index in [1.165, 1.54) is 6.07 Å². The van der Waals surface area contributed by atoms with Gasteiger partial charge in [0.25, 0.3) is 0 Å². The highest BCUT2D eigenvalue weighted by Crippen LogP contribution is 2.21. The molecule has 0 bridgehead atoms. The summed E-state index contributed by atoms with van der Waals surface area (Å²) in [5.41, 5.74) is 1.45. The van der Waals surface area contributed by atoms with Crippen LogP contribution in [0.5, 0.6) is 5.75 Å². The van der Waals surface area contributed by atoms with E-state index in [9.17, 15) is 4.39 Å². The molecule has 0 aromatic heterocycles. The number of hydrogen-bond donors (Lipinski definition) is 2. The number of nitrogens with one attached hydrogen (secondary N) is 1. The minimum Gasteiger partial charge on any atom is -0.489 e. The van der Waals surface area contributed by atoms with Crippen molar-refractivity contribution in [2.75, 3.05) is 6.61 Å². The van der Waals surface area contributed by atoms with E-state index in [2.05, 4.69) is 5.32 Å². The highest BCUT2D eigenvalue weighted by Gasteiger charge is 2.08. The lowest BCUT2D eigenvalue weighted by Crippen LogP contribution is -2.31. The maximum atomic E-state index is 13.7. The summed E-state index contributed by atoms with van der Waals surface area (Å²) in [6, 6.07) is 12.2. The van der Waals surface area contributed by atoms with Crippen LogP contribution in [0.3, 0.4) is 0 Å². The summed E-state index contributed by atoms with van der Waals surface area (Å²) in [6.07, 6.45) is 0.876. The average Bonchev–Trinajstić information content (AvgIpc) is 2.56. The van der Waals surface area contributed by atoms with Crippen molar-refractivity contribution in [1.29, 1.82) is 0 Å². The van der Waals surface area contributed by atoms with Gasteiger partial charge < -0.3 is 15.2 Å². The fraction of sp³-hybridized carbons (Fsp3) is 0.333. The smallest absolute Gasteiger partial charge is 0.131 e. The molecule has 0 aliphatic heterocycles. The summed E-state index contributed by atoms with van der Waals surface area (Å²) in [5.74, 6) is 0.287. The maximum absolute atomic E-state index is 13.7. The first-order valence-electron chi connectivity index (χ1n) is 7.63. The van der Waals surface area contributed by atoms with Crippen LogP contribution in [0.4, 0.5) is 4.39 Å². The Bertz CT molecular complexity index is 595. The van der Waals surface area contributed by atoms with Crippen LogP contribution in [0.2, 0.25) is 5.02 Å². The van der Waals surface area contributed by atoms with Crippen molar-refractivity contribution >= 4 is 11.6 Å². The standard InChI is InChI=1S/C18H21ClFNO2/c1-2-14(11-22)21-10-13-6-8-15(9-7-13)23-12-16-17(19)4-3-5-18(16)20/h3-9,14,21-22H,2,10-12H2,1H3. The second-order valence-electron chi connectivity index (χ2n) is 5.30. The van der Waals surface area contributed by atoms with E-state index in [1.54, 1.807) is 12.1 Å². The van der Waals surface area contributed by atoms with E-state index in [1.807, 2.05) is 31.2 Å². The SMILES string of the molecule is CCC(CO)NCc1ccc(OCc2c(F)cccc2Cl)cc1.